The van der Waals surface area contributed by atoms with Crippen LogP contribution in [-0.4, -0.2) is 56.0 Å². The molecule has 3 unspecified atom stereocenters. The van der Waals surface area contributed by atoms with E-state index in [0.29, 0.717) is 6.41 Å². The van der Waals surface area contributed by atoms with Crippen LogP contribution in [0.2, 0.25) is 0 Å². The molecule has 116 valence electrons. The van der Waals surface area contributed by atoms with Crippen LogP contribution in [0.1, 0.15) is 26.7 Å². The molecule has 3 N–H and O–H groups in total. The van der Waals surface area contributed by atoms with E-state index >= 15 is 0 Å². The monoisotopic (exact) mass is 287 g/mol. The predicted molar refractivity (Wildman–Crippen MR) is 74.7 cm³/mol. The second kappa shape index (κ2) is 9.30. The van der Waals surface area contributed by atoms with Gasteiger partial charge in [0.2, 0.25) is 18.2 Å². The number of amides is 3. The average Bonchev–Trinajstić information content (AvgIpc) is 2.42. The van der Waals surface area contributed by atoms with Crippen LogP contribution in [0.5, 0.6) is 0 Å². The molecular formula is C13H25N3O4. The molecule has 0 heterocycles. The van der Waals surface area contributed by atoms with E-state index in [2.05, 4.69) is 5.32 Å². The second-order valence-electron chi connectivity index (χ2n) is 4.82. The molecule has 0 aromatic rings. The molecule has 0 radical (unpaired) electrons. The molecule has 0 aliphatic rings. The molecule has 0 bridgehead atoms. The van der Waals surface area contributed by atoms with Gasteiger partial charge >= 0.3 is 0 Å². The van der Waals surface area contributed by atoms with E-state index < -0.39 is 12.0 Å². The van der Waals surface area contributed by atoms with Crippen molar-refractivity contribution in [3.8, 4) is 0 Å². The number of likely N-dealkylation sites (N-methyl/N-ethyl adjacent to an activating group) is 1. The molecule has 0 spiro atoms. The molecule has 7 nitrogen and oxygen atoms in total. The Kier molecular flexibility index (Phi) is 8.54. The smallest absolute Gasteiger partial charge is 0.242 e. The summed E-state index contributed by atoms with van der Waals surface area (Å²) >= 11 is 0. The minimum atomic E-state index is -0.475. The molecule has 0 aromatic carbocycles. The SMILES string of the molecule is CCC(C)C(C(CC(N)=O)OC)N(C)C(=O)CNC=O. The van der Waals surface area contributed by atoms with Crippen LogP contribution < -0.4 is 11.1 Å². The van der Waals surface area contributed by atoms with E-state index in [-0.39, 0.29) is 30.8 Å². The molecule has 0 aliphatic heterocycles. The fourth-order valence-corrected chi connectivity index (χ4v) is 2.20. The molecule has 0 rings (SSSR count). The fourth-order valence-electron chi connectivity index (χ4n) is 2.20. The average molecular weight is 287 g/mol. The third-order valence-electron chi connectivity index (χ3n) is 3.49. The third-order valence-corrected chi connectivity index (χ3v) is 3.49. The van der Waals surface area contributed by atoms with Crippen LogP contribution in [0.3, 0.4) is 0 Å². The number of rotatable bonds is 10. The maximum absolute atomic E-state index is 12.0. The number of nitrogens with one attached hydrogen (secondary N) is 1. The maximum Gasteiger partial charge on any atom is 0.242 e. The Morgan fingerprint density at radius 2 is 2.05 bits per heavy atom. The normalized spacial score (nSPS) is 15.0. The minimum absolute atomic E-state index is 0.0459. The number of hydrogen-bond donors (Lipinski definition) is 2. The van der Waals surface area contributed by atoms with E-state index in [9.17, 15) is 14.4 Å². The van der Waals surface area contributed by atoms with E-state index in [1.165, 1.54) is 12.0 Å². The third kappa shape index (κ3) is 5.56. The highest BCUT2D eigenvalue weighted by Gasteiger charge is 2.33. The number of ether oxygens (including phenoxy) is 1. The van der Waals surface area contributed by atoms with Crippen molar-refractivity contribution in [3.63, 3.8) is 0 Å². The first-order chi connectivity index (χ1) is 9.38. The zero-order chi connectivity index (χ0) is 15.7. The molecule has 0 saturated carbocycles. The van der Waals surface area contributed by atoms with Crippen molar-refractivity contribution >= 4 is 18.2 Å². The summed E-state index contributed by atoms with van der Waals surface area (Å²) < 4.78 is 5.34. The van der Waals surface area contributed by atoms with Gasteiger partial charge in [-0.1, -0.05) is 20.3 Å². The zero-order valence-corrected chi connectivity index (χ0v) is 12.6. The number of nitrogens with two attached hydrogens (primary N) is 1. The Balaban J connectivity index is 5.05. The number of methoxy groups -OCH3 is 1. The predicted octanol–water partition coefficient (Wildman–Crippen LogP) is -0.504. The highest BCUT2D eigenvalue weighted by atomic mass is 16.5. The summed E-state index contributed by atoms with van der Waals surface area (Å²) in [6, 6.07) is -0.279. The van der Waals surface area contributed by atoms with E-state index in [1.54, 1.807) is 7.05 Å². The Hall–Kier alpha value is -1.63. The van der Waals surface area contributed by atoms with Gasteiger partial charge in [-0.2, -0.15) is 0 Å². The van der Waals surface area contributed by atoms with Crippen molar-refractivity contribution in [1.82, 2.24) is 10.2 Å². The molecule has 0 fully saturated rings. The van der Waals surface area contributed by atoms with Crippen molar-refractivity contribution < 1.29 is 19.1 Å². The summed E-state index contributed by atoms with van der Waals surface area (Å²) in [7, 11) is 3.13. The summed E-state index contributed by atoms with van der Waals surface area (Å²) in [5.74, 6) is -0.588. The molecule has 3 amide bonds. The van der Waals surface area contributed by atoms with Gasteiger partial charge in [0.25, 0.3) is 0 Å². The lowest BCUT2D eigenvalue weighted by atomic mass is 9.91. The van der Waals surface area contributed by atoms with Crippen molar-refractivity contribution in [2.24, 2.45) is 11.7 Å². The first kappa shape index (κ1) is 18.4. The summed E-state index contributed by atoms with van der Waals surface area (Å²) in [6.45, 7) is 3.89. The number of nitrogens with zero attached hydrogens (tertiary/aromatic N) is 1. The van der Waals surface area contributed by atoms with Crippen LogP contribution in [0, 0.1) is 5.92 Å². The summed E-state index contributed by atoms with van der Waals surface area (Å²) in [5.41, 5.74) is 5.22. The quantitative estimate of drug-likeness (QED) is 0.529. The van der Waals surface area contributed by atoms with Gasteiger partial charge < -0.3 is 20.7 Å². The number of carbonyl (C=O) groups excluding carboxylic acids is 3. The second-order valence-corrected chi connectivity index (χ2v) is 4.82. The molecular weight excluding hydrogens is 262 g/mol. The molecule has 3 atom stereocenters. The van der Waals surface area contributed by atoms with Crippen LogP contribution in [0.15, 0.2) is 0 Å². The fraction of sp³-hybridized carbons (Fsp3) is 0.769. The number of carbonyl (C=O) groups is 3. The van der Waals surface area contributed by atoms with Crippen LogP contribution >= 0.6 is 0 Å². The van der Waals surface area contributed by atoms with Crippen molar-refractivity contribution in [2.75, 3.05) is 20.7 Å². The van der Waals surface area contributed by atoms with Crippen molar-refractivity contribution in [2.45, 2.75) is 38.8 Å². The lowest BCUT2D eigenvalue weighted by Gasteiger charge is -2.37. The van der Waals surface area contributed by atoms with Gasteiger partial charge in [0.05, 0.1) is 25.1 Å². The van der Waals surface area contributed by atoms with E-state index in [1.807, 2.05) is 13.8 Å². The first-order valence-electron chi connectivity index (χ1n) is 6.62. The standard InChI is InChI=1S/C13H25N3O4/c1-5-9(2)13(10(20-4)6-11(14)18)16(3)12(19)7-15-8-17/h8-10,13H,5-7H2,1-4H3,(H2,14,18)(H,15,17). The Morgan fingerprint density at radius 1 is 1.45 bits per heavy atom. The maximum atomic E-state index is 12.0. The van der Waals surface area contributed by atoms with Crippen LogP contribution in [0.25, 0.3) is 0 Å². The van der Waals surface area contributed by atoms with Crippen molar-refractivity contribution in [1.29, 1.82) is 0 Å². The topological polar surface area (TPSA) is 102 Å². The Bertz CT molecular complexity index is 336. The lowest BCUT2D eigenvalue weighted by molar-refractivity contribution is -0.138. The highest BCUT2D eigenvalue weighted by Crippen LogP contribution is 2.21. The van der Waals surface area contributed by atoms with Gasteiger partial charge in [-0.25, -0.2) is 0 Å². The van der Waals surface area contributed by atoms with Gasteiger partial charge in [0.15, 0.2) is 0 Å². The van der Waals surface area contributed by atoms with Crippen LogP contribution in [-0.2, 0) is 19.1 Å². The van der Waals surface area contributed by atoms with Gasteiger partial charge in [-0.3, -0.25) is 14.4 Å². The van der Waals surface area contributed by atoms with Crippen LogP contribution in [0.4, 0.5) is 0 Å². The molecule has 0 aliphatic carbocycles. The lowest BCUT2D eigenvalue weighted by Crippen LogP contribution is -2.52. The number of hydrogen-bond acceptors (Lipinski definition) is 4. The van der Waals surface area contributed by atoms with Crippen molar-refractivity contribution in [3.05, 3.63) is 0 Å². The first-order valence-corrected chi connectivity index (χ1v) is 6.62. The number of primary amides is 1. The van der Waals surface area contributed by atoms with Gasteiger partial charge in [-0.05, 0) is 5.92 Å². The van der Waals surface area contributed by atoms with Gasteiger partial charge in [0.1, 0.15) is 0 Å². The summed E-state index contributed by atoms with van der Waals surface area (Å²) in [4.78, 5) is 34.9. The Morgan fingerprint density at radius 3 is 2.45 bits per heavy atom. The Labute approximate surface area is 119 Å². The molecule has 0 saturated heterocycles. The molecule has 0 aromatic heterocycles. The van der Waals surface area contributed by atoms with Gasteiger partial charge in [-0.15, -0.1) is 0 Å². The zero-order valence-electron chi connectivity index (χ0n) is 12.6. The van der Waals surface area contributed by atoms with E-state index in [4.69, 9.17) is 10.5 Å². The largest absolute Gasteiger partial charge is 0.379 e. The molecule has 20 heavy (non-hydrogen) atoms. The van der Waals surface area contributed by atoms with E-state index in [0.717, 1.165) is 6.42 Å². The highest BCUT2D eigenvalue weighted by molar-refractivity contribution is 5.80. The minimum Gasteiger partial charge on any atom is -0.379 e. The van der Waals surface area contributed by atoms with Gasteiger partial charge in [0, 0.05) is 14.2 Å². The molecule has 7 heteroatoms. The summed E-state index contributed by atoms with van der Waals surface area (Å²) in [6.07, 6.45) is 0.876. The summed E-state index contributed by atoms with van der Waals surface area (Å²) in [5, 5.41) is 2.33.